The smallest absolute Gasteiger partial charge is 0.213 e. The summed E-state index contributed by atoms with van der Waals surface area (Å²) in [5.41, 5.74) is 16.4. The Kier molecular flexibility index (Phi) is 6.73. The number of furan rings is 1. The van der Waals surface area contributed by atoms with Gasteiger partial charge in [-0.1, -0.05) is 75.4 Å². The van der Waals surface area contributed by atoms with Gasteiger partial charge in [-0.15, -0.1) is 0 Å². The minimum absolute atomic E-state index is 0.00762. The molecule has 2 aliphatic heterocycles. The van der Waals surface area contributed by atoms with E-state index < -0.39 is 0 Å². The van der Waals surface area contributed by atoms with Crippen LogP contribution in [-0.2, 0) is 11.8 Å². The van der Waals surface area contributed by atoms with Gasteiger partial charge in [-0.2, -0.15) is 9.13 Å². The molecule has 0 N–H and O–H groups in total. The summed E-state index contributed by atoms with van der Waals surface area (Å²) in [6.07, 6.45) is 9.81. The number of benzene rings is 5. The molecular weight excluding hydrogens is 695 g/mol. The SMILES string of the molecule is C=CC1CC2C(CCc3cc4c(cc3-c3cc(C(C)(C)C)cc[n+]31)c1cc3oc5ccccc5c3c3c5cc(C)ccc5n4c13)c1ccccc1-c1cccc[n+]12. The van der Waals surface area contributed by atoms with Crippen LogP contribution in [0.4, 0.5) is 0 Å². The van der Waals surface area contributed by atoms with Gasteiger partial charge in [-0.25, -0.2) is 0 Å². The molecule has 10 aromatic rings. The highest BCUT2D eigenvalue weighted by Gasteiger charge is 2.43. The van der Waals surface area contributed by atoms with E-state index in [0.717, 1.165) is 30.4 Å². The number of pyridine rings is 2. The predicted octanol–water partition coefficient (Wildman–Crippen LogP) is 12.7. The van der Waals surface area contributed by atoms with Crippen LogP contribution in [-0.4, -0.2) is 4.40 Å². The van der Waals surface area contributed by atoms with E-state index in [-0.39, 0.29) is 17.5 Å². The lowest BCUT2D eigenvalue weighted by atomic mass is 9.76. The summed E-state index contributed by atoms with van der Waals surface area (Å²) in [4.78, 5) is 0. The molecule has 7 heterocycles. The molecule has 4 nitrogen and oxygen atoms in total. The second-order valence-corrected chi connectivity index (χ2v) is 17.8. The first-order valence-electron chi connectivity index (χ1n) is 20.6. The molecule has 4 heteroatoms. The molecule has 12 rings (SSSR count). The third-order valence-corrected chi connectivity index (χ3v) is 13.6. The van der Waals surface area contributed by atoms with Crippen LogP contribution in [0.3, 0.4) is 0 Å². The molecule has 276 valence electrons. The molecule has 0 amide bonds. The van der Waals surface area contributed by atoms with Crippen LogP contribution in [0.25, 0.3) is 82.5 Å². The van der Waals surface area contributed by atoms with Crippen molar-refractivity contribution >= 4 is 60.0 Å². The van der Waals surface area contributed by atoms with Gasteiger partial charge in [0.1, 0.15) is 11.2 Å². The van der Waals surface area contributed by atoms with Crippen molar-refractivity contribution in [2.24, 2.45) is 0 Å². The average Bonchev–Trinajstić information content (AvgIpc) is 3.87. The quantitative estimate of drug-likeness (QED) is 0.122. The van der Waals surface area contributed by atoms with E-state index in [1.54, 1.807) is 0 Å². The Morgan fingerprint density at radius 3 is 2.42 bits per heavy atom. The number of nitrogens with zero attached hydrogens (tertiary/aromatic N) is 3. The third kappa shape index (κ3) is 4.56. The van der Waals surface area contributed by atoms with E-state index in [1.165, 1.54) is 93.6 Å². The highest BCUT2D eigenvalue weighted by atomic mass is 16.3. The largest absolute Gasteiger partial charge is 0.456 e. The van der Waals surface area contributed by atoms with Gasteiger partial charge >= 0.3 is 0 Å². The Labute approximate surface area is 332 Å². The van der Waals surface area contributed by atoms with Crippen molar-refractivity contribution in [1.82, 2.24) is 4.40 Å². The van der Waals surface area contributed by atoms with Crippen LogP contribution in [0.5, 0.6) is 0 Å². The van der Waals surface area contributed by atoms with Crippen molar-refractivity contribution in [3.8, 4) is 22.5 Å². The second-order valence-electron chi connectivity index (χ2n) is 17.8. The molecule has 0 aliphatic carbocycles. The molecule has 5 aromatic carbocycles. The number of fused-ring (bicyclic) bond motifs is 19. The van der Waals surface area contributed by atoms with E-state index in [2.05, 4.69) is 182 Å². The van der Waals surface area contributed by atoms with Gasteiger partial charge in [0.15, 0.2) is 24.5 Å². The van der Waals surface area contributed by atoms with Crippen LogP contribution < -0.4 is 9.13 Å². The number of hydrogen-bond acceptors (Lipinski definition) is 1. The van der Waals surface area contributed by atoms with Crippen molar-refractivity contribution < 1.29 is 13.6 Å². The molecule has 0 radical (unpaired) electrons. The van der Waals surface area contributed by atoms with Crippen molar-refractivity contribution in [3.63, 3.8) is 0 Å². The third-order valence-electron chi connectivity index (χ3n) is 13.6. The summed E-state index contributed by atoms with van der Waals surface area (Å²) in [6, 6.07) is 43.9. The molecule has 0 fully saturated rings. The summed E-state index contributed by atoms with van der Waals surface area (Å²) in [6.45, 7) is 13.7. The molecule has 0 saturated carbocycles. The minimum Gasteiger partial charge on any atom is -0.456 e. The Morgan fingerprint density at radius 2 is 1.54 bits per heavy atom. The van der Waals surface area contributed by atoms with Crippen LogP contribution in [0.1, 0.15) is 73.9 Å². The minimum atomic E-state index is -0.00762. The number of para-hydroxylation sites is 1. The molecule has 0 saturated heterocycles. The molecule has 2 aliphatic rings. The number of allylic oxidation sites excluding steroid dienone is 1. The van der Waals surface area contributed by atoms with Crippen molar-refractivity contribution in [1.29, 1.82) is 0 Å². The molecule has 5 aromatic heterocycles. The van der Waals surface area contributed by atoms with Gasteiger partial charge in [0.25, 0.3) is 0 Å². The maximum absolute atomic E-state index is 6.68. The van der Waals surface area contributed by atoms with Gasteiger partial charge in [-0.3, -0.25) is 0 Å². The summed E-state index contributed by atoms with van der Waals surface area (Å²) >= 11 is 0. The normalized spacial score (nSPS) is 18.2. The lowest BCUT2D eigenvalue weighted by Gasteiger charge is -2.32. The highest BCUT2D eigenvalue weighted by Crippen LogP contribution is 2.49. The molecule has 0 spiro atoms. The van der Waals surface area contributed by atoms with Crippen molar-refractivity contribution in [2.75, 3.05) is 0 Å². The number of hydrogen-bond donors (Lipinski definition) is 0. The summed E-state index contributed by atoms with van der Waals surface area (Å²) in [5, 5.41) is 7.47. The topological polar surface area (TPSA) is 25.3 Å². The molecule has 0 bridgehead atoms. The first kappa shape index (κ1) is 32.9. The van der Waals surface area contributed by atoms with Crippen LogP contribution in [0.15, 0.2) is 145 Å². The molecular formula is C53H45N3O+2. The Morgan fingerprint density at radius 1 is 0.702 bits per heavy atom. The number of rotatable bonds is 1. The fourth-order valence-electron chi connectivity index (χ4n) is 10.9. The van der Waals surface area contributed by atoms with Crippen LogP contribution in [0.2, 0.25) is 0 Å². The van der Waals surface area contributed by atoms with Gasteiger partial charge in [0, 0.05) is 68.1 Å². The summed E-state index contributed by atoms with van der Waals surface area (Å²) < 4.78 is 14.3. The van der Waals surface area contributed by atoms with E-state index in [1.807, 2.05) is 0 Å². The van der Waals surface area contributed by atoms with Crippen LogP contribution >= 0.6 is 0 Å². The molecule has 3 unspecified atom stereocenters. The van der Waals surface area contributed by atoms with E-state index >= 15 is 0 Å². The molecule has 57 heavy (non-hydrogen) atoms. The fraction of sp³-hybridized carbons (Fsp3) is 0.208. The first-order valence-corrected chi connectivity index (χ1v) is 20.6. The van der Waals surface area contributed by atoms with E-state index in [4.69, 9.17) is 4.42 Å². The van der Waals surface area contributed by atoms with Crippen molar-refractivity contribution in [2.45, 2.75) is 70.4 Å². The zero-order valence-electron chi connectivity index (χ0n) is 33.0. The van der Waals surface area contributed by atoms with Gasteiger partial charge in [0.2, 0.25) is 11.4 Å². The average molecular weight is 740 g/mol. The Hall–Kier alpha value is -6.26. The monoisotopic (exact) mass is 739 g/mol. The molecule has 3 atom stereocenters. The maximum Gasteiger partial charge on any atom is 0.213 e. The lowest BCUT2D eigenvalue weighted by molar-refractivity contribution is -0.745. The fourth-order valence-corrected chi connectivity index (χ4v) is 10.9. The standard InChI is InChI=1S/C53H45N3O/c1-6-34-28-46-37(35-13-7-8-14-36(35)43-16-11-12-23-55(43)46)20-19-32-26-47-40(29-39(32)45-27-33(53(3,4)5)22-24-54(34)45)41-30-49-50(38-15-9-10-17-48(38)57-49)51-42-25-31(2)18-21-44(42)56(47)52(41)51/h6-18,21-27,29-30,34,37,46H,1,19-20,28H2,2-5H3/q+2. The zero-order chi connectivity index (χ0) is 38.3. The number of aromatic nitrogens is 3. The highest BCUT2D eigenvalue weighted by molar-refractivity contribution is 6.34. The predicted molar refractivity (Wildman–Crippen MR) is 233 cm³/mol. The van der Waals surface area contributed by atoms with Gasteiger partial charge in [-0.05, 0) is 96.5 Å². The maximum atomic E-state index is 6.68. The van der Waals surface area contributed by atoms with Gasteiger partial charge in [0.05, 0.1) is 28.5 Å². The first-order chi connectivity index (χ1) is 27.8. The van der Waals surface area contributed by atoms with Crippen LogP contribution in [0, 0.1) is 6.92 Å². The second kappa shape index (κ2) is 11.6. The zero-order valence-corrected chi connectivity index (χ0v) is 33.0. The van der Waals surface area contributed by atoms with Gasteiger partial charge < -0.3 is 8.82 Å². The Balaban J connectivity index is 1.19. The van der Waals surface area contributed by atoms with E-state index in [9.17, 15) is 0 Å². The summed E-state index contributed by atoms with van der Waals surface area (Å²) in [5.74, 6) is 0.347. The van der Waals surface area contributed by atoms with Crippen molar-refractivity contribution in [3.05, 3.63) is 163 Å². The van der Waals surface area contributed by atoms with E-state index in [0.29, 0.717) is 5.92 Å². The lowest BCUT2D eigenvalue weighted by Crippen LogP contribution is -2.51. The summed E-state index contributed by atoms with van der Waals surface area (Å²) in [7, 11) is 0. The number of aryl methyl sites for hydroxylation is 2. The Bertz CT molecular complexity index is 3320.